The minimum Gasteiger partial charge on any atom is -0.351 e. The quantitative estimate of drug-likeness (QED) is 0.766. The number of fused-ring (bicyclic) bond motifs is 1. The van der Waals surface area contributed by atoms with Crippen molar-refractivity contribution in [3.8, 4) is 0 Å². The second-order valence-electron chi connectivity index (χ2n) is 9.34. The van der Waals surface area contributed by atoms with Gasteiger partial charge < -0.3 is 10.3 Å². The van der Waals surface area contributed by atoms with Crippen LogP contribution in [0.15, 0.2) is 23.0 Å². The number of hydrogen-bond donors (Lipinski definition) is 2. The summed E-state index contributed by atoms with van der Waals surface area (Å²) < 4.78 is 1.93. The minimum atomic E-state index is -0.109. The summed E-state index contributed by atoms with van der Waals surface area (Å²) in [7, 11) is 0. The van der Waals surface area contributed by atoms with Crippen LogP contribution in [0.3, 0.4) is 0 Å². The molecule has 0 atom stereocenters. The van der Waals surface area contributed by atoms with Crippen LogP contribution in [0.1, 0.15) is 55.8 Å². The van der Waals surface area contributed by atoms with Gasteiger partial charge in [0.1, 0.15) is 0 Å². The Balaban J connectivity index is 1.36. The molecule has 0 spiro atoms. The Bertz CT molecular complexity index is 1030. The van der Waals surface area contributed by atoms with Gasteiger partial charge in [0.25, 0.3) is 11.5 Å². The Labute approximate surface area is 169 Å². The maximum atomic E-state index is 12.8. The van der Waals surface area contributed by atoms with Crippen LogP contribution >= 0.6 is 12.2 Å². The molecule has 1 aromatic heterocycles. The lowest BCUT2D eigenvalue weighted by Crippen LogP contribution is -2.51. The number of rotatable bonds is 4. The molecule has 148 valence electrons. The fourth-order valence-corrected chi connectivity index (χ4v) is 6.88. The third-order valence-corrected chi connectivity index (χ3v) is 7.67. The molecular weight excluding hydrogens is 370 g/mol. The van der Waals surface area contributed by atoms with Gasteiger partial charge in [-0.3, -0.25) is 14.2 Å². The van der Waals surface area contributed by atoms with Gasteiger partial charge in [0.05, 0.1) is 10.9 Å². The lowest BCUT2D eigenvalue weighted by molar-refractivity contribution is -0.0503. The van der Waals surface area contributed by atoms with Crippen molar-refractivity contribution in [2.75, 3.05) is 6.54 Å². The molecule has 6 heteroatoms. The number of nitrogens with zero attached hydrogens (tertiary/aromatic N) is 1. The highest BCUT2D eigenvalue weighted by Gasteiger charge is 2.50. The number of aromatic amines is 1. The van der Waals surface area contributed by atoms with Crippen LogP contribution in [0.4, 0.5) is 0 Å². The van der Waals surface area contributed by atoms with E-state index >= 15 is 0 Å². The van der Waals surface area contributed by atoms with Gasteiger partial charge in [0.2, 0.25) is 0 Å². The Kier molecular flexibility index (Phi) is 4.23. The van der Waals surface area contributed by atoms with Crippen molar-refractivity contribution in [1.82, 2.24) is 14.9 Å². The van der Waals surface area contributed by atoms with Crippen molar-refractivity contribution < 1.29 is 4.79 Å². The molecule has 1 heterocycles. The van der Waals surface area contributed by atoms with Gasteiger partial charge in [-0.15, -0.1) is 0 Å². The van der Waals surface area contributed by atoms with Crippen molar-refractivity contribution in [2.24, 2.45) is 23.2 Å². The van der Waals surface area contributed by atoms with Crippen molar-refractivity contribution in [2.45, 2.75) is 52.0 Å². The van der Waals surface area contributed by atoms with Crippen LogP contribution in [0.25, 0.3) is 10.9 Å². The van der Waals surface area contributed by atoms with E-state index in [1.807, 2.05) is 6.92 Å². The second kappa shape index (κ2) is 6.55. The van der Waals surface area contributed by atoms with Crippen LogP contribution in [0.2, 0.25) is 0 Å². The van der Waals surface area contributed by atoms with Crippen molar-refractivity contribution >= 4 is 29.0 Å². The molecule has 1 amide bonds. The summed E-state index contributed by atoms with van der Waals surface area (Å²) in [6, 6.07) is 5.23. The Morgan fingerprint density at radius 2 is 1.86 bits per heavy atom. The molecule has 0 radical (unpaired) electrons. The first-order valence-corrected chi connectivity index (χ1v) is 10.9. The molecule has 1 aromatic carbocycles. The van der Waals surface area contributed by atoms with Crippen molar-refractivity contribution in [3.63, 3.8) is 0 Å². The Morgan fingerprint density at radius 3 is 2.46 bits per heavy atom. The molecule has 2 N–H and O–H groups in total. The van der Waals surface area contributed by atoms with E-state index in [2.05, 4.69) is 10.3 Å². The lowest BCUT2D eigenvalue weighted by Gasteiger charge is -2.56. The normalized spacial score (nSPS) is 30.7. The molecule has 0 unspecified atom stereocenters. The topological polar surface area (TPSA) is 66.9 Å². The summed E-state index contributed by atoms with van der Waals surface area (Å²) in [5.74, 6) is 2.58. The predicted octanol–water partition coefficient (Wildman–Crippen LogP) is 4.03. The minimum absolute atomic E-state index is 0.0587. The predicted molar refractivity (Wildman–Crippen MR) is 112 cm³/mol. The fraction of sp³-hybridized carbons (Fsp3) is 0.591. The highest BCUT2D eigenvalue weighted by atomic mass is 32.1. The Morgan fingerprint density at radius 1 is 1.21 bits per heavy atom. The number of aromatic nitrogens is 2. The first kappa shape index (κ1) is 18.1. The first-order chi connectivity index (χ1) is 13.5. The van der Waals surface area contributed by atoms with E-state index in [0.29, 0.717) is 33.2 Å². The maximum Gasteiger partial charge on any atom is 0.262 e. The van der Waals surface area contributed by atoms with Gasteiger partial charge in [-0.1, -0.05) is 0 Å². The third kappa shape index (κ3) is 2.93. The molecule has 0 saturated heterocycles. The maximum absolute atomic E-state index is 12.8. The summed E-state index contributed by atoms with van der Waals surface area (Å²) in [5, 5.41) is 3.77. The van der Waals surface area contributed by atoms with E-state index in [4.69, 9.17) is 12.2 Å². The van der Waals surface area contributed by atoms with Crippen molar-refractivity contribution in [3.05, 3.63) is 38.9 Å². The van der Waals surface area contributed by atoms with E-state index in [-0.39, 0.29) is 11.5 Å². The summed E-state index contributed by atoms with van der Waals surface area (Å²) in [5.41, 5.74) is 1.41. The third-order valence-electron chi connectivity index (χ3n) is 7.35. The van der Waals surface area contributed by atoms with Crippen LogP contribution < -0.4 is 10.9 Å². The number of H-pyrrole nitrogens is 1. The molecule has 0 aliphatic heterocycles. The van der Waals surface area contributed by atoms with E-state index < -0.39 is 0 Å². The molecule has 4 fully saturated rings. The smallest absolute Gasteiger partial charge is 0.262 e. The summed E-state index contributed by atoms with van der Waals surface area (Å²) >= 11 is 5.28. The van der Waals surface area contributed by atoms with Gasteiger partial charge >= 0.3 is 0 Å². The van der Waals surface area contributed by atoms with Crippen LogP contribution in [-0.4, -0.2) is 22.0 Å². The molecule has 4 saturated carbocycles. The average molecular weight is 398 g/mol. The van der Waals surface area contributed by atoms with Crippen molar-refractivity contribution in [1.29, 1.82) is 0 Å². The SMILES string of the molecule is CCn1c(=S)[nH]c2cc(C(=O)NCC34CC5CC(CC(C5)C3)C4)ccc2c1=O. The standard InChI is InChI=1S/C22H27N3O2S/c1-2-25-20(27)17-4-3-16(8-18(17)24-21(25)28)19(26)23-12-22-9-13-5-14(10-22)7-15(6-13)11-22/h3-4,8,13-15H,2,5-7,9-12H2,1H3,(H,23,26)(H,24,28). The average Bonchev–Trinajstić information content (AvgIpc) is 2.65. The number of amides is 1. The highest BCUT2D eigenvalue weighted by molar-refractivity contribution is 7.71. The number of benzene rings is 1. The number of hydrogen-bond acceptors (Lipinski definition) is 3. The summed E-state index contributed by atoms with van der Waals surface area (Å²) in [4.78, 5) is 28.5. The molecule has 4 aliphatic rings. The molecule has 4 bridgehead atoms. The largest absolute Gasteiger partial charge is 0.351 e. The van der Waals surface area contributed by atoms with E-state index in [1.165, 1.54) is 43.1 Å². The highest BCUT2D eigenvalue weighted by Crippen LogP contribution is 2.59. The number of carbonyl (C=O) groups is 1. The van der Waals surface area contributed by atoms with Crippen LogP contribution in [-0.2, 0) is 6.54 Å². The van der Waals surface area contributed by atoms with Gasteiger partial charge in [-0.2, -0.15) is 0 Å². The molecule has 2 aromatic rings. The van der Waals surface area contributed by atoms with Gasteiger partial charge in [0, 0.05) is 18.7 Å². The molecular formula is C22H27N3O2S. The second-order valence-corrected chi connectivity index (χ2v) is 9.73. The molecule has 6 rings (SSSR count). The van der Waals surface area contributed by atoms with E-state index in [0.717, 1.165) is 24.3 Å². The molecule has 28 heavy (non-hydrogen) atoms. The first-order valence-electron chi connectivity index (χ1n) is 10.5. The Hall–Kier alpha value is -1.95. The van der Waals surface area contributed by atoms with Gasteiger partial charge in [-0.25, -0.2) is 0 Å². The zero-order chi connectivity index (χ0) is 19.5. The van der Waals surface area contributed by atoms with Crippen LogP contribution in [0, 0.1) is 27.9 Å². The number of carbonyl (C=O) groups excluding carboxylic acids is 1. The van der Waals surface area contributed by atoms with Gasteiger partial charge in [-0.05, 0) is 99.0 Å². The number of nitrogens with one attached hydrogen (secondary N) is 2. The van der Waals surface area contributed by atoms with Gasteiger partial charge in [0.15, 0.2) is 4.77 Å². The molecule has 4 aliphatic carbocycles. The summed E-state index contributed by atoms with van der Waals surface area (Å²) in [6.07, 6.45) is 8.06. The zero-order valence-electron chi connectivity index (χ0n) is 16.3. The summed E-state index contributed by atoms with van der Waals surface area (Å²) in [6.45, 7) is 3.20. The van der Waals surface area contributed by atoms with E-state index in [1.54, 1.807) is 18.2 Å². The van der Waals surface area contributed by atoms with E-state index in [9.17, 15) is 9.59 Å². The molecule has 5 nitrogen and oxygen atoms in total. The zero-order valence-corrected chi connectivity index (χ0v) is 17.1. The monoisotopic (exact) mass is 397 g/mol. The lowest BCUT2D eigenvalue weighted by atomic mass is 9.49. The van der Waals surface area contributed by atoms with Crippen LogP contribution in [0.5, 0.6) is 0 Å². The fourth-order valence-electron chi connectivity index (χ4n) is 6.56.